The summed E-state index contributed by atoms with van der Waals surface area (Å²) in [4.78, 5) is 3.31. The number of halogens is 2. The Kier molecular flexibility index (Phi) is 5.75. The van der Waals surface area contributed by atoms with E-state index in [0.29, 0.717) is 35.7 Å². The lowest BCUT2D eigenvalue weighted by atomic mass is 10.00. The summed E-state index contributed by atoms with van der Waals surface area (Å²) in [6.45, 7) is 6.55. The van der Waals surface area contributed by atoms with E-state index in [1.54, 1.807) is 38.4 Å². The van der Waals surface area contributed by atoms with E-state index in [4.69, 9.17) is 16.3 Å². The number of nitrogens with one attached hydrogen (secondary N) is 1. The molecule has 2 N–H and O–H groups in total. The second-order valence-corrected chi connectivity index (χ2v) is 9.00. The highest BCUT2D eigenvalue weighted by molar-refractivity contribution is 6.33. The first-order chi connectivity index (χ1) is 14.2. The van der Waals surface area contributed by atoms with Crippen LogP contribution in [0.3, 0.4) is 0 Å². The van der Waals surface area contributed by atoms with Crippen molar-refractivity contribution in [1.82, 2.24) is 14.8 Å². The van der Waals surface area contributed by atoms with Crippen molar-refractivity contribution in [2.75, 3.05) is 0 Å². The Hall–Kier alpha value is -2.15. The average molecular weight is 432 g/mol. The van der Waals surface area contributed by atoms with Gasteiger partial charge in [-0.1, -0.05) is 17.7 Å². The monoisotopic (exact) mass is 431 g/mol. The number of aliphatic hydroxyl groups is 1. The van der Waals surface area contributed by atoms with Gasteiger partial charge >= 0.3 is 0 Å². The Morgan fingerprint density at radius 1 is 1.33 bits per heavy atom. The second-order valence-electron chi connectivity index (χ2n) is 8.59. The number of aryl methyl sites for hydroxylation is 1. The van der Waals surface area contributed by atoms with Crippen molar-refractivity contribution < 1.29 is 14.2 Å². The first kappa shape index (κ1) is 21.1. The summed E-state index contributed by atoms with van der Waals surface area (Å²) in [5.74, 6) is -0.363. The van der Waals surface area contributed by atoms with E-state index in [2.05, 4.69) is 10.1 Å². The van der Waals surface area contributed by atoms with Crippen LogP contribution in [0.1, 0.15) is 44.4 Å². The maximum atomic E-state index is 14.7. The molecule has 2 aromatic heterocycles. The minimum absolute atomic E-state index is 0.271. The van der Waals surface area contributed by atoms with E-state index in [-0.39, 0.29) is 11.9 Å². The highest BCUT2D eigenvalue weighted by Gasteiger charge is 2.26. The number of aromatic nitrogens is 3. The molecule has 30 heavy (non-hydrogen) atoms. The molecule has 1 aromatic carbocycles. The molecule has 1 saturated carbocycles. The third-order valence-electron chi connectivity index (χ3n) is 5.52. The van der Waals surface area contributed by atoms with Crippen molar-refractivity contribution in [3.8, 4) is 22.4 Å². The van der Waals surface area contributed by atoms with E-state index in [9.17, 15) is 9.50 Å². The van der Waals surface area contributed by atoms with Crippen LogP contribution in [0.4, 0.5) is 4.39 Å². The number of H-pyrrole nitrogens is 1. The van der Waals surface area contributed by atoms with Crippen molar-refractivity contribution in [3.63, 3.8) is 0 Å². The number of hydrogen-bond donors (Lipinski definition) is 2. The van der Waals surface area contributed by atoms with Crippen molar-refractivity contribution in [2.45, 2.75) is 64.9 Å². The summed E-state index contributed by atoms with van der Waals surface area (Å²) in [6.07, 6.45) is 6.57. The SMILES string of the molecule is Cc1c(-c2[nH]cc(-c3c(F)cccc3Cl)c2COC2CC2)cnn1CCC(C)(C)O. The van der Waals surface area contributed by atoms with Crippen LogP contribution in [0.5, 0.6) is 0 Å². The van der Waals surface area contributed by atoms with Gasteiger partial charge in [0.05, 0.1) is 35.2 Å². The summed E-state index contributed by atoms with van der Waals surface area (Å²) in [5, 5.41) is 14.9. The van der Waals surface area contributed by atoms with Crippen molar-refractivity contribution in [2.24, 2.45) is 0 Å². The molecule has 0 unspecified atom stereocenters. The zero-order chi connectivity index (χ0) is 21.5. The lowest BCUT2D eigenvalue weighted by Gasteiger charge is -2.17. The molecule has 0 aliphatic heterocycles. The lowest BCUT2D eigenvalue weighted by molar-refractivity contribution is 0.0649. The van der Waals surface area contributed by atoms with Gasteiger partial charge < -0.3 is 14.8 Å². The molecule has 4 rings (SSSR count). The zero-order valence-electron chi connectivity index (χ0n) is 17.5. The Morgan fingerprint density at radius 2 is 2.10 bits per heavy atom. The second kappa shape index (κ2) is 8.17. The van der Waals surface area contributed by atoms with Gasteiger partial charge in [-0.3, -0.25) is 4.68 Å². The molecule has 1 fully saturated rings. The fraction of sp³-hybridized carbons (Fsp3) is 0.435. The van der Waals surface area contributed by atoms with Gasteiger partial charge in [0.15, 0.2) is 0 Å². The van der Waals surface area contributed by atoms with Gasteiger partial charge in [-0.2, -0.15) is 5.10 Å². The molecule has 3 aromatic rings. The summed E-state index contributed by atoms with van der Waals surface area (Å²) in [7, 11) is 0. The Labute approximate surface area is 180 Å². The molecule has 0 saturated heterocycles. The number of rotatable bonds is 8. The van der Waals surface area contributed by atoms with Gasteiger partial charge in [-0.05, 0) is 52.2 Å². The van der Waals surface area contributed by atoms with Crippen LogP contribution in [0.25, 0.3) is 22.4 Å². The van der Waals surface area contributed by atoms with Gasteiger partial charge in [0.1, 0.15) is 5.82 Å². The lowest BCUT2D eigenvalue weighted by Crippen LogP contribution is -2.21. The van der Waals surface area contributed by atoms with E-state index in [1.807, 2.05) is 11.6 Å². The summed E-state index contributed by atoms with van der Waals surface area (Å²) < 4.78 is 22.5. The average Bonchev–Trinajstić information content (AvgIpc) is 3.31. The number of aromatic amines is 1. The highest BCUT2D eigenvalue weighted by atomic mass is 35.5. The molecule has 0 bridgehead atoms. The molecule has 1 aliphatic carbocycles. The van der Waals surface area contributed by atoms with Crippen LogP contribution < -0.4 is 0 Å². The fourth-order valence-corrected chi connectivity index (χ4v) is 3.82. The van der Waals surface area contributed by atoms with Gasteiger partial charge in [0.2, 0.25) is 0 Å². The van der Waals surface area contributed by atoms with E-state index in [0.717, 1.165) is 35.4 Å². The van der Waals surface area contributed by atoms with Gasteiger partial charge in [0, 0.05) is 40.7 Å². The molecule has 0 amide bonds. The Morgan fingerprint density at radius 3 is 2.77 bits per heavy atom. The number of ether oxygens (including phenoxy) is 1. The predicted molar refractivity (Wildman–Crippen MR) is 116 cm³/mol. The Balaban J connectivity index is 1.73. The van der Waals surface area contributed by atoms with Gasteiger partial charge in [-0.15, -0.1) is 0 Å². The predicted octanol–water partition coefficient (Wildman–Crippen LogP) is 5.49. The van der Waals surface area contributed by atoms with Crippen LogP contribution in [0, 0.1) is 12.7 Å². The first-order valence-corrected chi connectivity index (χ1v) is 10.6. The van der Waals surface area contributed by atoms with Crippen molar-refractivity contribution in [3.05, 3.63) is 52.7 Å². The number of nitrogens with zero attached hydrogens (tertiary/aromatic N) is 2. The largest absolute Gasteiger partial charge is 0.390 e. The molecule has 5 nitrogen and oxygen atoms in total. The third kappa shape index (κ3) is 4.46. The molecule has 1 aliphatic rings. The van der Waals surface area contributed by atoms with Crippen LogP contribution in [0.15, 0.2) is 30.6 Å². The summed E-state index contributed by atoms with van der Waals surface area (Å²) in [6, 6.07) is 4.71. The quantitative estimate of drug-likeness (QED) is 0.496. The maximum absolute atomic E-state index is 14.7. The number of hydrogen-bond acceptors (Lipinski definition) is 3. The van der Waals surface area contributed by atoms with Crippen molar-refractivity contribution in [1.29, 1.82) is 0 Å². The van der Waals surface area contributed by atoms with E-state index >= 15 is 0 Å². The molecular formula is C23H27ClFN3O2. The smallest absolute Gasteiger partial charge is 0.132 e. The van der Waals surface area contributed by atoms with Crippen LogP contribution >= 0.6 is 11.6 Å². The van der Waals surface area contributed by atoms with E-state index < -0.39 is 5.60 Å². The van der Waals surface area contributed by atoms with Crippen LogP contribution in [0.2, 0.25) is 5.02 Å². The Bertz CT molecular complexity index is 1030. The topological polar surface area (TPSA) is 63.1 Å². The van der Waals surface area contributed by atoms with Gasteiger partial charge in [-0.25, -0.2) is 4.39 Å². The highest BCUT2D eigenvalue weighted by Crippen LogP contribution is 2.39. The molecule has 160 valence electrons. The van der Waals surface area contributed by atoms with Crippen LogP contribution in [-0.4, -0.2) is 31.6 Å². The molecule has 7 heteroatoms. The summed E-state index contributed by atoms with van der Waals surface area (Å²) >= 11 is 6.35. The first-order valence-electron chi connectivity index (χ1n) is 10.3. The van der Waals surface area contributed by atoms with Gasteiger partial charge in [0.25, 0.3) is 0 Å². The fourth-order valence-electron chi connectivity index (χ4n) is 3.55. The molecule has 2 heterocycles. The molecule has 0 spiro atoms. The normalized spacial score (nSPS) is 14.5. The maximum Gasteiger partial charge on any atom is 0.132 e. The third-order valence-corrected chi connectivity index (χ3v) is 5.83. The minimum atomic E-state index is -0.761. The number of benzene rings is 1. The molecule has 0 radical (unpaired) electrons. The molecule has 0 atom stereocenters. The molecular weight excluding hydrogens is 405 g/mol. The standard InChI is InChI=1S/C23H27ClFN3O2/c1-14-16(12-27-28(14)10-9-23(2,3)29)22-18(13-30-15-7-8-15)17(11-26-22)21-19(24)5-4-6-20(21)25/h4-6,11-12,15,26,29H,7-10,13H2,1-3H3. The van der Waals surface area contributed by atoms with Crippen molar-refractivity contribution >= 4 is 11.6 Å². The van der Waals surface area contributed by atoms with E-state index in [1.165, 1.54) is 6.07 Å². The minimum Gasteiger partial charge on any atom is -0.390 e. The zero-order valence-corrected chi connectivity index (χ0v) is 18.3. The van der Waals surface area contributed by atoms with Crippen LogP contribution in [-0.2, 0) is 17.9 Å². The summed E-state index contributed by atoms with van der Waals surface area (Å²) in [5.41, 5.74) is 3.96.